The number of halogens is 1. The summed E-state index contributed by atoms with van der Waals surface area (Å²) in [5.41, 5.74) is 0. The molecule has 84 valence electrons. The van der Waals surface area contributed by atoms with Crippen molar-refractivity contribution in [2.24, 2.45) is 0 Å². The predicted molar refractivity (Wildman–Crippen MR) is 57.7 cm³/mol. The van der Waals surface area contributed by atoms with Gasteiger partial charge in [-0.15, -0.1) is 0 Å². The van der Waals surface area contributed by atoms with Crippen molar-refractivity contribution < 1.29 is 16.8 Å². The van der Waals surface area contributed by atoms with Gasteiger partial charge in [0.25, 0.3) is 0 Å². The molecule has 0 spiro atoms. The topological polar surface area (TPSA) is 68.3 Å². The van der Waals surface area contributed by atoms with Crippen LogP contribution in [-0.2, 0) is 19.7 Å². The zero-order valence-electron chi connectivity index (χ0n) is 8.06. The van der Waals surface area contributed by atoms with Crippen molar-refractivity contribution in [2.75, 3.05) is 12.5 Å². The molecule has 0 atom stereocenters. The number of hydrogen-bond acceptors (Lipinski definition) is 4. The van der Waals surface area contributed by atoms with Crippen molar-refractivity contribution in [3.8, 4) is 0 Å². The van der Waals surface area contributed by atoms with Gasteiger partial charge in [0, 0.05) is 12.5 Å². The number of sulfone groups is 2. The van der Waals surface area contributed by atoms with E-state index in [9.17, 15) is 16.8 Å². The van der Waals surface area contributed by atoms with Gasteiger partial charge >= 0.3 is 0 Å². The number of hydrogen-bond donors (Lipinski definition) is 0. The molecule has 0 unspecified atom stereocenters. The summed E-state index contributed by atoms with van der Waals surface area (Å²) >= 11 is 5.66. The fourth-order valence-electron chi connectivity index (χ4n) is 0.998. The second-order valence-corrected chi connectivity index (χ2v) is 7.54. The van der Waals surface area contributed by atoms with Crippen molar-refractivity contribution in [1.82, 2.24) is 0 Å². The summed E-state index contributed by atoms with van der Waals surface area (Å²) in [5, 5.41) is 0.0184. The van der Waals surface area contributed by atoms with E-state index in [1.807, 2.05) is 0 Å². The molecule has 0 aliphatic rings. The molecule has 0 aliphatic carbocycles. The maximum atomic E-state index is 11.3. The monoisotopic (exact) mass is 268 g/mol. The van der Waals surface area contributed by atoms with E-state index in [2.05, 4.69) is 0 Å². The third-order valence-corrected chi connectivity index (χ3v) is 4.42. The normalized spacial score (nSPS) is 12.7. The van der Waals surface area contributed by atoms with E-state index in [1.165, 1.54) is 12.1 Å². The highest BCUT2D eigenvalue weighted by atomic mass is 35.5. The molecular formula is C8H9ClO4S2. The van der Waals surface area contributed by atoms with E-state index in [0.717, 1.165) is 18.6 Å². The van der Waals surface area contributed by atoms with Crippen LogP contribution in [0.3, 0.4) is 0 Å². The molecule has 0 fully saturated rings. The fraction of sp³-hybridized carbons (Fsp3) is 0.250. The molecule has 1 rings (SSSR count). The Bertz CT molecular complexity index is 587. The molecule has 0 radical (unpaired) electrons. The Labute approximate surface area is 93.7 Å². The van der Waals surface area contributed by atoms with Crippen LogP contribution in [0.25, 0.3) is 0 Å². The van der Waals surface area contributed by atoms with Gasteiger partial charge in [-0.1, -0.05) is 11.6 Å². The van der Waals surface area contributed by atoms with Crippen LogP contribution in [0.5, 0.6) is 0 Å². The zero-order valence-corrected chi connectivity index (χ0v) is 10.4. The summed E-state index contributed by atoms with van der Waals surface area (Å²) in [7, 11) is -6.94. The van der Waals surface area contributed by atoms with Gasteiger partial charge in [0.2, 0.25) is 0 Å². The minimum Gasteiger partial charge on any atom is -0.224 e. The van der Waals surface area contributed by atoms with Crippen LogP contribution in [0.1, 0.15) is 0 Å². The van der Waals surface area contributed by atoms with Gasteiger partial charge in [-0.25, -0.2) is 16.8 Å². The Morgan fingerprint density at radius 1 is 1.00 bits per heavy atom. The van der Waals surface area contributed by atoms with E-state index < -0.39 is 19.7 Å². The highest BCUT2D eigenvalue weighted by Gasteiger charge is 2.16. The standard InChI is InChI=1S/C8H9ClO4S2/c1-14(10,11)6-3-4-7(9)8(5-6)15(2,12)13/h3-5H,1-2H3. The van der Waals surface area contributed by atoms with Crippen molar-refractivity contribution in [2.45, 2.75) is 9.79 Å². The van der Waals surface area contributed by atoms with Crippen LogP contribution in [-0.4, -0.2) is 29.3 Å². The number of benzene rings is 1. The van der Waals surface area contributed by atoms with E-state index in [4.69, 9.17) is 11.6 Å². The summed E-state index contributed by atoms with van der Waals surface area (Å²) in [6.07, 6.45) is 1.97. The smallest absolute Gasteiger partial charge is 0.177 e. The van der Waals surface area contributed by atoms with Crippen LogP contribution < -0.4 is 0 Å². The first-order chi connectivity index (χ1) is 6.62. The second kappa shape index (κ2) is 3.77. The molecule has 0 amide bonds. The van der Waals surface area contributed by atoms with E-state index in [-0.39, 0.29) is 14.8 Å². The molecule has 1 aromatic carbocycles. The van der Waals surface area contributed by atoms with Gasteiger partial charge in [-0.2, -0.15) is 0 Å². The largest absolute Gasteiger partial charge is 0.224 e. The maximum Gasteiger partial charge on any atom is 0.177 e. The van der Waals surface area contributed by atoms with Gasteiger partial charge in [-0.3, -0.25) is 0 Å². The van der Waals surface area contributed by atoms with Gasteiger partial charge in [0.15, 0.2) is 19.7 Å². The Balaban J connectivity index is 3.57. The minimum atomic E-state index is -3.51. The Hall–Kier alpha value is -0.590. The summed E-state index contributed by atoms with van der Waals surface area (Å²) in [6.45, 7) is 0. The van der Waals surface area contributed by atoms with Crippen LogP contribution in [0, 0.1) is 0 Å². The highest BCUT2D eigenvalue weighted by Crippen LogP contribution is 2.24. The molecule has 0 aliphatic heterocycles. The maximum absolute atomic E-state index is 11.3. The molecule has 15 heavy (non-hydrogen) atoms. The highest BCUT2D eigenvalue weighted by molar-refractivity contribution is 7.91. The van der Waals surface area contributed by atoms with Crippen LogP contribution >= 0.6 is 11.6 Å². The summed E-state index contributed by atoms with van der Waals surface area (Å²) in [6, 6.07) is 3.59. The Kier molecular flexibility index (Phi) is 3.14. The summed E-state index contributed by atoms with van der Waals surface area (Å²) in [4.78, 5) is -0.237. The van der Waals surface area contributed by atoms with Crippen molar-refractivity contribution in [1.29, 1.82) is 0 Å². The van der Waals surface area contributed by atoms with Crippen LogP contribution in [0.15, 0.2) is 28.0 Å². The Morgan fingerprint density at radius 3 is 1.93 bits per heavy atom. The zero-order chi connectivity index (χ0) is 11.9. The molecule has 0 N–H and O–H groups in total. The van der Waals surface area contributed by atoms with E-state index >= 15 is 0 Å². The molecule has 0 bridgehead atoms. The van der Waals surface area contributed by atoms with Gasteiger partial charge in [0.1, 0.15) is 0 Å². The SMILES string of the molecule is CS(=O)(=O)c1ccc(Cl)c(S(C)(=O)=O)c1. The van der Waals surface area contributed by atoms with Crippen molar-refractivity contribution in [3.05, 3.63) is 23.2 Å². The fourth-order valence-corrected chi connectivity index (χ4v) is 3.02. The first-order valence-electron chi connectivity index (χ1n) is 3.82. The summed E-state index contributed by atoms with van der Waals surface area (Å²) in [5.74, 6) is 0. The number of rotatable bonds is 2. The molecule has 1 aromatic rings. The van der Waals surface area contributed by atoms with Crippen molar-refractivity contribution in [3.63, 3.8) is 0 Å². The molecule has 0 saturated heterocycles. The lowest BCUT2D eigenvalue weighted by atomic mass is 10.4. The van der Waals surface area contributed by atoms with Gasteiger partial charge in [-0.05, 0) is 18.2 Å². The first-order valence-corrected chi connectivity index (χ1v) is 7.98. The lowest BCUT2D eigenvalue weighted by molar-refractivity contribution is 0.600. The third kappa shape index (κ3) is 2.93. The Morgan fingerprint density at radius 2 is 1.53 bits per heavy atom. The van der Waals surface area contributed by atoms with E-state index in [0.29, 0.717) is 0 Å². The van der Waals surface area contributed by atoms with Crippen LogP contribution in [0.4, 0.5) is 0 Å². The predicted octanol–water partition coefficient (Wildman–Crippen LogP) is 1.15. The minimum absolute atomic E-state index is 0.0184. The van der Waals surface area contributed by atoms with Crippen molar-refractivity contribution >= 4 is 31.3 Å². The first kappa shape index (κ1) is 12.5. The molecular weight excluding hydrogens is 260 g/mol. The molecule has 0 saturated carbocycles. The average molecular weight is 269 g/mol. The second-order valence-electron chi connectivity index (χ2n) is 3.14. The molecule has 7 heteroatoms. The third-order valence-electron chi connectivity index (χ3n) is 1.73. The molecule has 0 heterocycles. The lowest BCUT2D eigenvalue weighted by Gasteiger charge is -2.04. The molecule has 4 nitrogen and oxygen atoms in total. The van der Waals surface area contributed by atoms with Gasteiger partial charge in [0.05, 0.1) is 14.8 Å². The summed E-state index contributed by atoms with van der Waals surface area (Å²) < 4.78 is 44.9. The lowest BCUT2D eigenvalue weighted by Crippen LogP contribution is -2.02. The van der Waals surface area contributed by atoms with Crippen LogP contribution in [0.2, 0.25) is 5.02 Å². The van der Waals surface area contributed by atoms with E-state index in [1.54, 1.807) is 0 Å². The van der Waals surface area contributed by atoms with Gasteiger partial charge < -0.3 is 0 Å². The average Bonchev–Trinajstić information content (AvgIpc) is 2.00. The quantitative estimate of drug-likeness (QED) is 0.807. The molecule has 0 aromatic heterocycles.